The van der Waals surface area contributed by atoms with Gasteiger partial charge in [-0.2, -0.15) is 0 Å². The van der Waals surface area contributed by atoms with Crippen molar-refractivity contribution in [1.82, 2.24) is 9.80 Å². The molecule has 1 rings (SSSR count). The zero-order chi connectivity index (χ0) is 11.3. The van der Waals surface area contributed by atoms with Crippen LogP contribution < -0.4 is 0 Å². The molecule has 0 amide bonds. The van der Waals surface area contributed by atoms with E-state index in [0.717, 1.165) is 12.5 Å². The van der Waals surface area contributed by atoms with Crippen LogP contribution in [0.15, 0.2) is 11.6 Å². The zero-order valence-electron chi connectivity index (χ0n) is 10.8. The lowest BCUT2D eigenvalue weighted by molar-refractivity contribution is 0.175. The summed E-state index contributed by atoms with van der Waals surface area (Å²) in [5, 5.41) is 0. The van der Waals surface area contributed by atoms with Crippen molar-refractivity contribution in [3.63, 3.8) is 0 Å². The zero-order valence-corrected chi connectivity index (χ0v) is 10.8. The van der Waals surface area contributed by atoms with Crippen LogP contribution in [-0.2, 0) is 0 Å². The molecule has 0 aromatic carbocycles. The summed E-state index contributed by atoms with van der Waals surface area (Å²) in [6.07, 6.45) is 5.08. The molecule has 0 atom stereocenters. The number of hydrogen-bond acceptors (Lipinski definition) is 2. The maximum absolute atomic E-state index is 2.57. The Morgan fingerprint density at radius 3 is 2.33 bits per heavy atom. The van der Waals surface area contributed by atoms with Crippen molar-refractivity contribution in [3.8, 4) is 0 Å². The Bertz CT molecular complexity index is 197. The number of piperidine rings is 1. The molecule has 1 saturated heterocycles. The molecule has 0 aliphatic carbocycles. The second-order valence-electron chi connectivity index (χ2n) is 5.29. The molecule has 88 valence electrons. The van der Waals surface area contributed by atoms with Crippen LogP contribution in [0.5, 0.6) is 0 Å². The Balaban J connectivity index is 2.21. The van der Waals surface area contributed by atoms with Crippen molar-refractivity contribution in [2.75, 3.05) is 40.3 Å². The maximum atomic E-state index is 2.57. The molecule has 0 aromatic heterocycles. The van der Waals surface area contributed by atoms with E-state index in [0.29, 0.717) is 0 Å². The monoisotopic (exact) mass is 210 g/mol. The molecule has 1 aliphatic rings. The lowest BCUT2D eigenvalue weighted by atomic mass is 9.96. The lowest BCUT2D eigenvalue weighted by Crippen LogP contribution is -2.37. The van der Waals surface area contributed by atoms with E-state index < -0.39 is 0 Å². The van der Waals surface area contributed by atoms with Crippen molar-refractivity contribution < 1.29 is 0 Å². The summed E-state index contributed by atoms with van der Waals surface area (Å²) >= 11 is 0. The van der Waals surface area contributed by atoms with Gasteiger partial charge in [-0.1, -0.05) is 11.6 Å². The van der Waals surface area contributed by atoms with Crippen LogP contribution in [0, 0.1) is 5.92 Å². The highest BCUT2D eigenvalue weighted by Gasteiger charge is 2.18. The van der Waals surface area contributed by atoms with E-state index in [1.54, 1.807) is 0 Å². The van der Waals surface area contributed by atoms with Gasteiger partial charge in [0.2, 0.25) is 0 Å². The van der Waals surface area contributed by atoms with Gasteiger partial charge in [-0.05, 0) is 59.8 Å². The molecule has 2 nitrogen and oxygen atoms in total. The molecule has 0 spiro atoms. The van der Waals surface area contributed by atoms with E-state index in [1.807, 2.05) is 0 Å². The Morgan fingerprint density at radius 1 is 1.27 bits per heavy atom. The van der Waals surface area contributed by atoms with Crippen LogP contribution in [0.25, 0.3) is 0 Å². The summed E-state index contributed by atoms with van der Waals surface area (Å²) in [5.74, 6) is 0.919. The molecule has 0 aromatic rings. The average Bonchev–Trinajstić information content (AvgIpc) is 2.16. The van der Waals surface area contributed by atoms with Crippen LogP contribution in [0.1, 0.15) is 26.7 Å². The maximum Gasteiger partial charge on any atom is 0.0165 e. The third kappa shape index (κ3) is 5.33. The number of nitrogens with zero attached hydrogens (tertiary/aromatic N) is 2. The predicted molar refractivity (Wildman–Crippen MR) is 67.1 cm³/mol. The minimum absolute atomic E-state index is 0.919. The van der Waals surface area contributed by atoms with Crippen LogP contribution in [0.4, 0.5) is 0 Å². The van der Waals surface area contributed by atoms with Gasteiger partial charge in [0.15, 0.2) is 0 Å². The average molecular weight is 210 g/mol. The normalized spacial score (nSPS) is 19.5. The third-order valence-electron chi connectivity index (χ3n) is 3.09. The van der Waals surface area contributed by atoms with E-state index in [-0.39, 0.29) is 0 Å². The van der Waals surface area contributed by atoms with E-state index in [2.05, 4.69) is 43.8 Å². The first kappa shape index (κ1) is 12.7. The third-order valence-corrected chi connectivity index (χ3v) is 3.09. The number of hydrogen-bond donors (Lipinski definition) is 0. The quantitative estimate of drug-likeness (QED) is 0.657. The van der Waals surface area contributed by atoms with Gasteiger partial charge in [0.05, 0.1) is 0 Å². The van der Waals surface area contributed by atoms with Crippen molar-refractivity contribution in [1.29, 1.82) is 0 Å². The van der Waals surface area contributed by atoms with Gasteiger partial charge in [-0.3, -0.25) is 4.90 Å². The van der Waals surface area contributed by atoms with Crippen molar-refractivity contribution in [2.45, 2.75) is 26.7 Å². The van der Waals surface area contributed by atoms with Gasteiger partial charge in [0.25, 0.3) is 0 Å². The molecule has 1 heterocycles. The van der Waals surface area contributed by atoms with Gasteiger partial charge < -0.3 is 4.90 Å². The predicted octanol–water partition coefficient (Wildman–Crippen LogP) is 2.23. The summed E-state index contributed by atoms with van der Waals surface area (Å²) in [6.45, 7) is 9.33. The van der Waals surface area contributed by atoms with Gasteiger partial charge in [-0.25, -0.2) is 0 Å². The van der Waals surface area contributed by atoms with Crippen molar-refractivity contribution >= 4 is 0 Å². The SMILES string of the molecule is CC(C)=CCN1CCC(CN(C)C)CC1. The minimum atomic E-state index is 0.919. The number of likely N-dealkylation sites (tertiary alicyclic amines) is 1. The topological polar surface area (TPSA) is 6.48 Å². The van der Waals surface area contributed by atoms with Crippen molar-refractivity contribution in [3.05, 3.63) is 11.6 Å². The Kier molecular flexibility index (Phi) is 5.34. The molecule has 0 unspecified atom stereocenters. The van der Waals surface area contributed by atoms with E-state index in [1.165, 1.54) is 38.0 Å². The molecule has 1 fully saturated rings. The van der Waals surface area contributed by atoms with Gasteiger partial charge >= 0.3 is 0 Å². The van der Waals surface area contributed by atoms with Crippen LogP contribution in [0.3, 0.4) is 0 Å². The van der Waals surface area contributed by atoms with Gasteiger partial charge in [0.1, 0.15) is 0 Å². The second-order valence-corrected chi connectivity index (χ2v) is 5.29. The van der Waals surface area contributed by atoms with Crippen LogP contribution in [0.2, 0.25) is 0 Å². The van der Waals surface area contributed by atoms with E-state index in [9.17, 15) is 0 Å². The van der Waals surface area contributed by atoms with E-state index >= 15 is 0 Å². The van der Waals surface area contributed by atoms with Crippen molar-refractivity contribution in [2.24, 2.45) is 5.92 Å². The summed E-state index contributed by atoms with van der Waals surface area (Å²) in [7, 11) is 4.35. The molecule has 2 heteroatoms. The molecule has 0 bridgehead atoms. The Labute approximate surface area is 94.9 Å². The molecule has 15 heavy (non-hydrogen) atoms. The molecule has 0 N–H and O–H groups in total. The van der Waals surface area contributed by atoms with E-state index in [4.69, 9.17) is 0 Å². The first-order valence-corrected chi connectivity index (χ1v) is 6.08. The molecule has 1 aliphatic heterocycles. The number of rotatable bonds is 4. The summed E-state index contributed by atoms with van der Waals surface area (Å²) in [4.78, 5) is 4.88. The smallest absolute Gasteiger partial charge is 0.0165 e. The largest absolute Gasteiger partial charge is 0.309 e. The van der Waals surface area contributed by atoms with Gasteiger partial charge in [-0.15, -0.1) is 0 Å². The lowest BCUT2D eigenvalue weighted by Gasteiger charge is -2.32. The van der Waals surface area contributed by atoms with Crippen LogP contribution in [-0.4, -0.2) is 50.1 Å². The summed E-state index contributed by atoms with van der Waals surface area (Å²) < 4.78 is 0. The molecular formula is C13H26N2. The highest BCUT2D eigenvalue weighted by molar-refractivity contribution is 4.95. The fourth-order valence-corrected chi connectivity index (χ4v) is 2.18. The van der Waals surface area contributed by atoms with Crippen LogP contribution >= 0.6 is 0 Å². The molecule has 0 radical (unpaired) electrons. The fraction of sp³-hybridized carbons (Fsp3) is 0.846. The minimum Gasteiger partial charge on any atom is -0.309 e. The highest BCUT2D eigenvalue weighted by atomic mass is 15.1. The van der Waals surface area contributed by atoms with Gasteiger partial charge in [0, 0.05) is 13.1 Å². The molecule has 0 saturated carbocycles. The number of allylic oxidation sites excluding steroid dienone is 1. The Morgan fingerprint density at radius 2 is 1.87 bits per heavy atom. The summed E-state index contributed by atoms with van der Waals surface area (Å²) in [5.41, 5.74) is 1.44. The second kappa shape index (κ2) is 6.29. The first-order chi connectivity index (χ1) is 7.08. The standard InChI is InChI=1S/C13H26N2/c1-12(2)5-8-15-9-6-13(7-10-15)11-14(3)4/h5,13H,6-11H2,1-4H3. The molecular weight excluding hydrogens is 184 g/mol. The Hall–Kier alpha value is -0.340. The first-order valence-electron chi connectivity index (χ1n) is 6.08. The fourth-order valence-electron chi connectivity index (χ4n) is 2.18. The highest BCUT2D eigenvalue weighted by Crippen LogP contribution is 2.17. The summed E-state index contributed by atoms with van der Waals surface area (Å²) in [6, 6.07) is 0.